The number of benzene rings is 1. The van der Waals surface area contributed by atoms with Crippen molar-refractivity contribution in [3.63, 3.8) is 0 Å². The first-order valence-corrected chi connectivity index (χ1v) is 14.8. The Morgan fingerprint density at radius 1 is 1.33 bits per heavy atom. The normalized spacial score (nSPS) is 25.5. The Morgan fingerprint density at radius 3 is 2.69 bits per heavy atom. The number of carbonyl (C=O) groups is 1. The topological polar surface area (TPSA) is 182 Å². The summed E-state index contributed by atoms with van der Waals surface area (Å²) >= 11 is 11.8. The molecule has 13 nitrogen and oxygen atoms in total. The van der Waals surface area contributed by atoms with Gasteiger partial charge in [-0.2, -0.15) is 9.97 Å². The average molecular weight is 604 g/mol. The van der Waals surface area contributed by atoms with Crippen molar-refractivity contribution in [2.24, 2.45) is 0 Å². The van der Waals surface area contributed by atoms with Crippen molar-refractivity contribution in [2.75, 3.05) is 18.1 Å². The number of para-hydroxylation sites is 1. The van der Waals surface area contributed by atoms with Gasteiger partial charge in [0.05, 0.1) is 19.0 Å². The minimum atomic E-state index is -3.49. The number of aliphatic hydroxyl groups excluding tert-OH is 1. The zero-order valence-corrected chi connectivity index (χ0v) is 23.6. The number of anilines is 2. The van der Waals surface area contributed by atoms with E-state index in [4.69, 9.17) is 53.4 Å². The summed E-state index contributed by atoms with van der Waals surface area (Å²) in [5.41, 5.74) is 11.7. The van der Waals surface area contributed by atoms with Crippen LogP contribution in [0.1, 0.15) is 27.0 Å². The number of hydrogen-bond acceptors (Lipinski definition) is 12. The van der Waals surface area contributed by atoms with E-state index >= 15 is 4.39 Å². The Morgan fingerprint density at radius 2 is 2.03 bits per heavy atom. The number of alkyl halides is 2. The van der Waals surface area contributed by atoms with Crippen LogP contribution < -0.4 is 21.1 Å². The van der Waals surface area contributed by atoms with Gasteiger partial charge in [0, 0.05) is 0 Å². The number of imidazole rings is 1. The molecule has 1 saturated heterocycles. The summed E-state index contributed by atoms with van der Waals surface area (Å²) < 4.78 is 39.6. The van der Waals surface area contributed by atoms with Gasteiger partial charge in [0.25, 0.3) is 5.13 Å². The SMILES string of the molecule is CC(C)OC(=O)[C@@H](C)NP(=S)(OC[C@H]1O[C@@H](n2cnc3c(N)nc(N)nc32)[C@](F)(Cl)[C@@H]1O)Oc1ccccc1. The van der Waals surface area contributed by atoms with Gasteiger partial charge >= 0.3 is 12.6 Å². The van der Waals surface area contributed by atoms with E-state index < -0.39 is 48.8 Å². The molecule has 0 saturated carbocycles. The highest BCUT2D eigenvalue weighted by atomic mass is 35.5. The first kappa shape index (κ1) is 29.3. The van der Waals surface area contributed by atoms with Crippen molar-refractivity contribution in [2.45, 2.75) is 56.5 Å². The predicted octanol–water partition coefficient (Wildman–Crippen LogP) is 2.40. The Hall–Kier alpha value is -2.65. The molecule has 39 heavy (non-hydrogen) atoms. The molecule has 1 fully saturated rings. The van der Waals surface area contributed by atoms with Crippen molar-refractivity contribution in [1.29, 1.82) is 0 Å². The first-order chi connectivity index (χ1) is 18.3. The Balaban J connectivity index is 1.55. The van der Waals surface area contributed by atoms with E-state index in [1.54, 1.807) is 44.2 Å². The lowest BCUT2D eigenvalue weighted by Gasteiger charge is -2.28. The number of nitrogens with two attached hydrogens (primary N) is 2. The van der Waals surface area contributed by atoms with Gasteiger partial charge in [-0.15, -0.1) is 0 Å². The Labute approximate surface area is 233 Å². The number of aliphatic hydroxyl groups is 1. The van der Waals surface area contributed by atoms with Gasteiger partial charge in [-0.25, -0.2) is 14.5 Å². The summed E-state index contributed by atoms with van der Waals surface area (Å²) in [6.45, 7) is 1.01. The average Bonchev–Trinajstić information content (AvgIpc) is 3.36. The molecule has 0 amide bonds. The number of halogens is 2. The van der Waals surface area contributed by atoms with E-state index in [0.717, 1.165) is 4.57 Å². The zero-order chi connectivity index (χ0) is 28.5. The number of fused-ring (bicyclic) bond motifs is 1. The molecule has 212 valence electrons. The van der Waals surface area contributed by atoms with Gasteiger partial charge in [0.15, 0.2) is 17.7 Å². The number of esters is 1. The summed E-state index contributed by atoms with van der Waals surface area (Å²) in [7, 11) is 0. The predicted molar refractivity (Wildman–Crippen MR) is 145 cm³/mol. The fourth-order valence-electron chi connectivity index (χ4n) is 3.74. The van der Waals surface area contributed by atoms with Crippen molar-refractivity contribution in [1.82, 2.24) is 24.6 Å². The van der Waals surface area contributed by atoms with Crippen LogP contribution >= 0.6 is 18.2 Å². The van der Waals surface area contributed by atoms with Gasteiger partial charge < -0.3 is 35.1 Å². The van der Waals surface area contributed by atoms with Crippen molar-refractivity contribution in [3.8, 4) is 5.75 Å². The number of nitrogen functional groups attached to an aromatic ring is 2. The molecule has 17 heteroatoms. The largest absolute Gasteiger partial charge is 0.462 e. The van der Waals surface area contributed by atoms with Crippen molar-refractivity contribution >= 4 is 58.9 Å². The molecule has 1 unspecified atom stereocenters. The second kappa shape index (κ2) is 11.5. The molecule has 1 aliphatic heterocycles. The lowest BCUT2D eigenvalue weighted by atomic mass is 10.1. The second-order valence-electron chi connectivity index (χ2n) is 8.97. The molecule has 0 aliphatic carbocycles. The standard InChI is InChI=1S/C22H28ClFN7O6PS/c1-11(2)35-19(33)12(3)30-38(39,37-13-7-5-4-6-8-13)34-9-14-16(32)22(23,24)20(36-14)31-10-27-15-17(25)28-21(26)29-18(15)31/h4-8,10-12,14,16,20,32H,9H2,1-3H3,(H,30,39)(H4,25,26,28,29)/t12-,14-,16-,20-,22+,38?/m1/s1. The van der Waals surface area contributed by atoms with Crippen LogP contribution in [0, 0.1) is 0 Å². The van der Waals surface area contributed by atoms with Crippen LogP contribution in [0.4, 0.5) is 16.2 Å². The van der Waals surface area contributed by atoms with Crippen LogP contribution in [-0.4, -0.2) is 66.7 Å². The molecule has 6 N–H and O–H groups in total. The molecule has 4 rings (SSSR count). The third kappa shape index (κ3) is 6.40. The molecule has 2 aromatic heterocycles. The third-order valence-corrected chi connectivity index (χ3v) is 8.44. The van der Waals surface area contributed by atoms with E-state index in [1.807, 2.05) is 0 Å². The third-order valence-electron chi connectivity index (χ3n) is 5.53. The number of nitrogens with one attached hydrogen (secondary N) is 1. The van der Waals surface area contributed by atoms with Crippen molar-refractivity contribution in [3.05, 3.63) is 36.7 Å². The van der Waals surface area contributed by atoms with E-state index in [0.29, 0.717) is 5.75 Å². The van der Waals surface area contributed by atoms with Gasteiger partial charge in [-0.1, -0.05) is 29.8 Å². The minimum Gasteiger partial charge on any atom is -0.462 e. The first-order valence-electron chi connectivity index (χ1n) is 11.7. The minimum absolute atomic E-state index is 0.0244. The number of ether oxygens (including phenoxy) is 2. The summed E-state index contributed by atoms with van der Waals surface area (Å²) in [5, 5.41) is 10.8. The number of nitrogens with zero attached hydrogens (tertiary/aromatic N) is 4. The molecule has 3 aromatic rings. The lowest BCUT2D eigenvalue weighted by Crippen LogP contribution is -2.40. The van der Waals surface area contributed by atoms with Gasteiger partial charge in [0.2, 0.25) is 5.95 Å². The molecule has 3 heterocycles. The maximum atomic E-state index is 15.7. The molecule has 1 aliphatic rings. The number of rotatable bonds is 10. The maximum absolute atomic E-state index is 15.7. The number of hydrogen-bond donors (Lipinski definition) is 4. The van der Waals surface area contributed by atoms with Gasteiger partial charge in [-0.05, 0) is 44.7 Å². The van der Waals surface area contributed by atoms with E-state index in [1.165, 1.54) is 13.3 Å². The van der Waals surface area contributed by atoms with Gasteiger partial charge in [0.1, 0.15) is 29.5 Å². The summed E-state index contributed by atoms with van der Waals surface area (Å²) in [6.07, 6.45) is -3.94. The van der Waals surface area contributed by atoms with Crippen LogP contribution in [0.3, 0.4) is 0 Å². The zero-order valence-electron chi connectivity index (χ0n) is 21.1. The molecule has 0 bridgehead atoms. The summed E-state index contributed by atoms with van der Waals surface area (Å²) in [4.78, 5) is 24.4. The highest BCUT2D eigenvalue weighted by Crippen LogP contribution is 2.49. The van der Waals surface area contributed by atoms with Crippen LogP contribution in [0.2, 0.25) is 0 Å². The summed E-state index contributed by atoms with van der Waals surface area (Å²) in [5.74, 6) is -0.411. The second-order valence-corrected chi connectivity index (χ2v) is 12.7. The van der Waals surface area contributed by atoms with Crippen molar-refractivity contribution < 1.29 is 32.8 Å². The quantitative estimate of drug-likeness (QED) is 0.151. The molecule has 0 radical (unpaired) electrons. The molecule has 6 atom stereocenters. The lowest BCUT2D eigenvalue weighted by molar-refractivity contribution is -0.149. The van der Waals surface area contributed by atoms with Crippen LogP contribution in [0.15, 0.2) is 36.7 Å². The maximum Gasteiger partial charge on any atom is 0.323 e. The molecular weight excluding hydrogens is 576 g/mol. The highest BCUT2D eigenvalue weighted by molar-refractivity contribution is 8.09. The fraction of sp³-hybridized carbons (Fsp3) is 0.455. The monoisotopic (exact) mass is 603 g/mol. The highest BCUT2D eigenvalue weighted by Gasteiger charge is 2.58. The number of aromatic nitrogens is 4. The summed E-state index contributed by atoms with van der Waals surface area (Å²) in [6, 6.07) is 7.62. The smallest absolute Gasteiger partial charge is 0.323 e. The van der Waals surface area contributed by atoms with E-state index in [9.17, 15) is 9.90 Å². The fourth-order valence-corrected chi connectivity index (χ4v) is 6.45. The number of carbonyl (C=O) groups excluding carboxylic acids is 1. The van der Waals surface area contributed by atoms with E-state index in [2.05, 4.69) is 20.0 Å². The molecular formula is C22H28ClFN7O6PS. The molecule has 1 aromatic carbocycles. The molecule has 0 spiro atoms. The Bertz CT molecular complexity index is 1380. The Kier molecular flexibility index (Phi) is 8.61. The van der Waals surface area contributed by atoms with E-state index in [-0.39, 0.29) is 29.0 Å². The van der Waals surface area contributed by atoms with Crippen LogP contribution in [-0.2, 0) is 30.6 Å². The van der Waals surface area contributed by atoms with Crippen LogP contribution in [0.25, 0.3) is 11.2 Å². The van der Waals surface area contributed by atoms with Gasteiger partial charge in [-0.3, -0.25) is 9.36 Å². The van der Waals surface area contributed by atoms with Crippen LogP contribution in [0.5, 0.6) is 5.75 Å².